The smallest absolute Gasteiger partial charge is 0.155 e. The summed E-state index contributed by atoms with van der Waals surface area (Å²) in [6.07, 6.45) is 13.9. The quantitative estimate of drug-likeness (QED) is 0.413. The van der Waals surface area contributed by atoms with Gasteiger partial charge in [-0.2, -0.15) is 0 Å². The van der Waals surface area contributed by atoms with Crippen molar-refractivity contribution in [3.63, 3.8) is 0 Å². The van der Waals surface area contributed by atoms with Crippen molar-refractivity contribution in [2.75, 3.05) is 0 Å². The van der Waals surface area contributed by atoms with E-state index in [9.17, 15) is 0 Å². The molecule has 0 bridgehead atoms. The fourth-order valence-corrected chi connectivity index (χ4v) is 5.74. The van der Waals surface area contributed by atoms with Gasteiger partial charge in [0.05, 0.1) is 11.7 Å². The molecule has 1 heterocycles. The van der Waals surface area contributed by atoms with Crippen LogP contribution in [0, 0.1) is 5.92 Å². The summed E-state index contributed by atoms with van der Waals surface area (Å²) in [7, 11) is 0. The fourth-order valence-electron chi connectivity index (χ4n) is 5.74. The fraction of sp³-hybridized carbons (Fsp3) is 0.571. The highest BCUT2D eigenvalue weighted by atomic mass is 16.7. The highest BCUT2D eigenvalue weighted by Crippen LogP contribution is 2.48. The Morgan fingerprint density at radius 1 is 0.833 bits per heavy atom. The average Bonchev–Trinajstić information content (AvgIpc) is 3.14. The van der Waals surface area contributed by atoms with Crippen LogP contribution in [0.4, 0.5) is 0 Å². The van der Waals surface area contributed by atoms with Gasteiger partial charge in [-0.05, 0) is 68.9 Å². The Kier molecular flexibility index (Phi) is 7.62. The van der Waals surface area contributed by atoms with Gasteiger partial charge in [0.25, 0.3) is 0 Å². The molecule has 162 valence electrons. The zero-order valence-corrected chi connectivity index (χ0v) is 18.6. The molecular formula is C28H38O2. The summed E-state index contributed by atoms with van der Waals surface area (Å²) < 4.78 is 12.7. The van der Waals surface area contributed by atoms with Gasteiger partial charge in [0.15, 0.2) is 6.29 Å². The van der Waals surface area contributed by atoms with E-state index in [0.717, 1.165) is 19.3 Å². The number of benzene rings is 2. The van der Waals surface area contributed by atoms with Gasteiger partial charge in [-0.3, -0.25) is 0 Å². The molecule has 0 amide bonds. The van der Waals surface area contributed by atoms with Gasteiger partial charge in [0.1, 0.15) is 0 Å². The van der Waals surface area contributed by atoms with Crippen LogP contribution >= 0.6 is 0 Å². The van der Waals surface area contributed by atoms with Crippen LogP contribution in [0.1, 0.15) is 75.8 Å². The highest BCUT2D eigenvalue weighted by molar-refractivity contribution is 5.15. The van der Waals surface area contributed by atoms with E-state index in [1.807, 2.05) is 0 Å². The van der Waals surface area contributed by atoms with Crippen molar-refractivity contribution in [1.82, 2.24) is 0 Å². The number of rotatable bonds is 9. The zero-order valence-electron chi connectivity index (χ0n) is 18.6. The molecule has 2 fully saturated rings. The van der Waals surface area contributed by atoms with Crippen molar-refractivity contribution < 1.29 is 9.47 Å². The topological polar surface area (TPSA) is 18.5 Å². The summed E-state index contributed by atoms with van der Waals surface area (Å²) in [5, 5.41) is 0. The molecule has 0 unspecified atom stereocenters. The number of hydrogen-bond donors (Lipinski definition) is 0. The van der Waals surface area contributed by atoms with E-state index in [4.69, 9.17) is 9.47 Å². The second-order valence-electron chi connectivity index (χ2n) is 9.41. The molecule has 30 heavy (non-hydrogen) atoms. The molecule has 0 N–H and O–H groups in total. The summed E-state index contributed by atoms with van der Waals surface area (Å²) in [6, 6.07) is 21.7. The van der Waals surface area contributed by atoms with Crippen molar-refractivity contribution in [1.29, 1.82) is 0 Å². The molecular weight excluding hydrogens is 368 g/mol. The Morgan fingerprint density at radius 2 is 1.53 bits per heavy atom. The predicted octanol–water partition coefficient (Wildman–Crippen LogP) is 7.11. The maximum Gasteiger partial charge on any atom is 0.155 e. The summed E-state index contributed by atoms with van der Waals surface area (Å²) in [5.41, 5.74) is 2.95. The van der Waals surface area contributed by atoms with E-state index < -0.39 is 0 Å². The molecule has 2 nitrogen and oxygen atoms in total. The third kappa shape index (κ3) is 5.74. The van der Waals surface area contributed by atoms with Crippen LogP contribution in [0.25, 0.3) is 0 Å². The van der Waals surface area contributed by atoms with E-state index in [0.29, 0.717) is 12.0 Å². The summed E-state index contributed by atoms with van der Waals surface area (Å²) >= 11 is 0. The molecule has 1 aliphatic carbocycles. The Morgan fingerprint density at radius 3 is 2.27 bits per heavy atom. The van der Waals surface area contributed by atoms with Gasteiger partial charge in [0.2, 0.25) is 0 Å². The summed E-state index contributed by atoms with van der Waals surface area (Å²) in [4.78, 5) is 0. The van der Waals surface area contributed by atoms with Crippen LogP contribution in [0.5, 0.6) is 0 Å². The van der Waals surface area contributed by atoms with E-state index in [1.54, 1.807) is 0 Å². The largest absolute Gasteiger partial charge is 0.350 e. The molecule has 1 aliphatic heterocycles. The third-order valence-corrected chi connectivity index (χ3v) is 7.21. The average molecular weight is 407 g/mol. The third-order valence-electron chi connectivity index (χ3n) is 7.21. The first-order valence-corrected chi connectivity index (χ1v) is 12.1. The van der Waals surface area contributed by atoms with Crippen LogP contribution in [0.15, 0.2) is 60.7 Å². The molecule has 0 radical (unpaired) electrons. The van der Waals surface area contributed by atoms with Crippen LogP contribution in [0.2, 0.25) is 0 Å². The highest BCUT2D eigenvalue weighted by Gasteiger charge is 2.48. The van der Waals surface area contributed by atoms with Gasteiger partial charge >= 0.3 is 0 Å². The lowest BCUT2D eigenvalue weighted by atomic mass is 9.80. The monoisotopic (exact) mass is 406 g/mol. The number of aryl methyl sites for hydroxylation is 2. The standard InChI is InChI=1S/C28H38O2/c1-23-29-27(20-19-25-15-7-3-8-16-25)22-28(30-23)21-11-18-26(28)17-10-4-9-14-24-12-5-2-6-13-24/h2-3,5-8,12-13,15-16,23,26-27H,4,9-11,14,17-22H2,1H3/t23-,26+,27-,28+/m0/s1. The van der Waals surface area contributed by atoms with Crippen molar-refractivity contribution in [3.8, 4) is 0 Å². The van der Waals surface area contributed by atoms with Crippen LogP contribution in [-0.2, 0) is 22.3 Å². The first-order valence-electron chi connectivity index (χ1n) is 12.1. The second-order valence-corrected chi connectivity index (χ2v) is 9.41. The molecule has 2 heteroatoms. The Hall–Kier alpha value is -1.64. The maximum absolute atomic E-state index is 6.53. The summed E-state index contributed by atoms with van der Waals surface area (Å²) in [5.74, 6) is 0.708. The van der Waals surface area contributed by atoms with Gasteiger partial charge in [-0.25, -0.2) is 0 Å². The van der Waals surface area contributed by atoms with Gasteiger partial charge in [-0.1, -0.05) is 79.9 Å². The van der Waals surface area contributed by atoms with E-state index in [1.165, 1.54) is 62.5 Å². The molecule has 0 aromatic heterocycles. The maximum atomic E-state index is 6.53. The predicted molar refractivity (Wildman–Crippen MR) is 123 cm³/mol. The summed E-state index contributed by atoms with van der Waals surface area (Å²) in [6.45, 7) is 2.10. The minimum atomic E-state index is -0.0711. The van der Waals surface area contributed by atoms with Crippen LogP contribution < -0.4 is 0 Å². The van der Waals surface area contributed by atoms with Crippen molar-refractivity contribution in [2.24, 2.45) is 5.92 Å². The zero-order chi connectivity index (χ0) is 20.7. The molecule has 2 aliphatic rings. The lowest BCUT2D eigenvalue weighted by molar-refractivity contribution is -0.285. The number of hydrogen-bond acceptors (Lipinski definition) is 2. The van der Waals surface area contributed by atoms with E-state index >= 15 is 0 Å². The first kappa shape index (κ1) is 21.6. The normalized spacial score (nSPS) is 28.8. The second kappa shape index (κ2) is 10.6. The van der Waals surface area contributed by atoms with E-state index in [2.05, 4.69) is 67.6 Å². The molecule has 4 rings (SSSR count). The number of unbranched alkanes of at least 4 members (excludes halogenated alkanes) is 2. The lowest BCUT2D eigenvalue weighted by Crippen LogP contribution is -2.49. The molecule has 4 atom stereocenters. The number of ether oxygens (including phenoxy) is 2. The SMILES string of the molecule is C[C@H]1O[C@@H](CCc2ccccc2)C[C@@]2(CCC[C@H]2CCCCCc2ccccc2)O1. The molecule has 1 spiro atoms. The minimum absolute atomic E-state index is 0.0679. The van der Waals surface area contributed by atoms with Crippen molar-refractivity contribution in [3.05, 3.63) is 71.8 Å². The lowest BCUT2D eigenvalue weighted by Gasteiger charge is -2.45. The van der Waals surface area contributed by atoms with E-state index in [-0.39, 0.29) is 11.9 Å². The Bertz CT molecular complexity index is 744. The first-order chi connectivity index (χ1) is 14.7. The minimum Gasteiger partial charge on any atom is -0.350 e. The van der Waals surface area contributed by atoms with Gasteiger partial charge in [-0.15, -0.1) is 0 Å². The Balaban J connectivity index is 1.25. The molecule has 2 aromatic carbocycles. The molecule has 2 aromatic rings. The van der Waals surface area contributed by atoms with Gasteiger partial charge < -0.3 is 9.47 Å². The molecule has 1 saturated heterocycles. The van der Waals surface area contributed by atoms with Crippen molar-refractivity contribution in [2.45, 2.75) is 95.5 Å². The van der Waals surface area contributed by atoms with Crippen LogP contribution in [-0.4, -0.2) is 18.0 Å². The molecule has 1 saturated carbocycles. The Labute approximate surface area is 183 Å². The van der Waals surface area contributed by atoms with Crippen LogP contribution in [0.3, 0.4) is 0 Å². The van der Waals surface area contributed by atoms with Crippen molar-refractivity contribution >= 4 is 0 Å². The van der Waals surface area contributed by atoms with Gasteiger partial charge in [0, 0.05) is 6.42 Å².